The van der Waals surface area contributed by atoms with Crippen molar-refractivity contribution in [3.05, 3.63) is 23.4 Å². The fourth-order valence-corrected chi connectivity index (χ4v) is 2.95. The van der Waals surface area contributed by atoms with Crippen LogP contribution in [0.1, 0.15) is 0 Å². The number of nitrogen functional groups attached to an aromatic ring is 1. The molecule has 0 aliphatic carbocycles. The first-order chi connectivity index (χ1) is 12.9. The van der Waals surface area contributed by atoms with Crippen LogP contribution >= 0.6 is 11.6 Å². The molecule has 3 aromatic heterocycles. The Morgan fingerprint density at radius 1 is 1.44 bits per heavy atom. The van der Waals surface area contributed by atoms with Crippen molar-refractivity contribution in [2.45, 2.75) is 6.10 Å². The first kappa shape index (κ1) is 17.4. The zero-order valence-electron chi connectivity index (χ0n) is 13.7. The molecule has 0 bridgehead atoms. The number of nitrogens with one attached hydrogen (secondary N) is 1. The van der Waals surface area contributed by atoms with Gasteiger partial charge >= 0.3 is 5.97 Å². The van der Waals surface area contributed by atoms with Gasteiger partial charge in [0, 0.05) is 12.7 Å². The van der Waals surface area contributed by atoms with Gasteiger partial charge in [0.2, 0.25) is 5.82 Å². The first-order valence-corrected chi connectivity index (χ1v) is 8.24. The standard InChI is InChI=1S/C15H13ClFN7O3/c16-8-4-20-13-10(21-8)6(3-19-13)12-22-11(18)9(17)14(23-12)24-1-2-27-7(5-24)15(25)26/h3-4,7H,1-2,5H2,(H,19,20)(H,25,26)(H2,18,22,23). The number of H-pyrrole nitrogens is 1. The number of halogens is 2. The van der Waals surface area contributed by atoms with Crippen molar-refractivity contribution in [3.63, 3.8) is 0 Å². The molecule has 1 unspecified atom stereocenters. The number of fused-ring (bicyclic) bond motifs is 1. The molecular formula is C15H13ClFN7O3. The smallest absolute Gasteiger partial charge is 0.334 e. The van der Waals surface area contributed by atoms with Gasteiger partial charge < -0.3 is 25.5 Å². The molecule has 0 amide bonds. The number of anilines is 2. The lowest BCUT2D eigenvalue weighted by molar-refractivity contribution is -0.150. The third-order valence-electron chi connectivity index (χ3n) is 4.09. The number of ether oxygens (including phenoxy) is 1. The lowest BCUT2D eigenvalue weighted by atomic mass is 10.2. The number of hydrogen-bond donors (Lipinski definition) is 3. The minimum atomic E-state index is -1.14. The van der Waals surface area contributed by atoms with Crippen LogP contribution < -0.4 is 10.6 Å². The molecule has 0 spiro atoms. The Kier molecular flexibility index (Phi) is 4.24. The van der Waals surface area contributed by atoms with Crippen LogP contribution in [0, 0.1) is 5.82 Å². The number of carbonyl (C=O) groups is 1. The van der Waals surface area contributed by atoms with Gasteiger partial charge in [-0.05, 0) is 0 Å². The number of nitrogens with two attached hydrogens (primary N) is 1. The van der Waals surface area contributed by atoms with Gasteiger partial charge in [0.15, 0.2) is 29.2 Å². The highest BCUT2D eigenvalue weighted by molar-refractivity contribution is 6.29. The SMILES string of the molecule is Nc1nc(-c2c[nH]c3ncc(Cl)nc23)nc(N2CCOC(C(=O)O)C2)c1F. The molecule has 1 atom stereocenters. The largest absolute Gasteiger partial charge is 0.479 e. The minimum absolute atomic E-state index is 0.0678. The fourth-order valence-electron chi connectivity index (χ4n) is 2.81. The summed E-state index contributed by atoms with van der Waals surface area (Å²) >= 11 is 5.90. The first-order valence-electron chi connectivity index (χ1n) is 7.86. The van der Waals surface area contributed by atoms with Crippen molar-refractivity contribution in [1.29, 1.82) is 0 Å². The molecule has 0 aromatic carbocycles. The van der Waals surface area contributed by atoms with E-state index in [2.05, 4.69) is 24.9 Å². The number of nitrogens with zero attached hydrogens (tertiary/aromatic N) is 5. The van der Waals surface area contributed by atoms with Gasteiger partial charge in [-0.15, -0.1) is 0 Å². The molecule has 0 saturated carbocycles. The molecule has 1 saturated heterocycles. The Hall–Kier alpha value is -3.05. The second-order valence-electron chi connectivity index (χ2n) is 5.81. The maximum atomic E-state index is 14.6. The van der Waals surface area contributed by atoms with Crippen LogP contribution in [0.4, 0.5) is 16.0 Å². The van der Waals surface area contributed by atoms with E-state index in [9.17, 15) is 9.18 Å². The van der Waals surface area contributed by atoms with E-state index in [0.717, 1.165) is 0 Å². The number of aromatic amines is 1. The maximum absolute atomic E-state index is 14.6. The number of hydrogen-bond acceptors (Lipinski definition) is 8. The molecule has 1 aliphatic heterocycles. The quantitative estimate of drug-likeness (QED) is 0.595. The van der Waals surface area contributed by atoms with Crippen molar-refractivity contribution in [3.8, 4) is 11.4 Å². The molecule has 1 fully saturated rings. The van der Waals surface area contributed by atoms with Crippen LogP contribution in [-0.2, 0) is 9.53 Å². The Balaban J connectivity index is 1.79. The van der Waals surface area contributed by atoms with Crippen molar-refractivity contribution in [1.82, 2.24) is 24.9 Å². The Morgan fingerprint density at radius 3 is 3.04 bits per heavy atom. The highest BCUT2D eigenvalue weighted by Gasteiger charge is 2.30. The van der Waals surface area contributed by atoms with Crippen LogP contribution in [0.5, 0.6) is 0 Å². The summed E-state index contributed by atoms with van der Waals surface area (Å²) in [6, 6.07) is 0. The van der Waals surface area contributed by atoms with Gasteiger partial charge in [0.05, 0.1) is 24.9 Å². The normalized spacial score (nSPS) is 17.4. The highest BCUT2D eigenvalue weighted by Crippen LogP contribution is 2.30. The summed E-state index contributed by atoms with van der Waals surface area (Å²) in [6.45, 7) is 0.307. The lowest BCUT2D eigenvalue weighted by Crippen LogP contribution is -2.46. The third-order valence-corrected chi connectivity index (χ3v) is 4.28. The average Bonchev–Trinajstić information content (AvgIpc) is 3.07. The number of rotatable bonds is 3. The van der Waals surface area contributed by atoms with Gasteiger partial charge in [-0.1, -0.05) is 11.6 Å². The Bertz CT molecular complexity index is 1040. The van der Waals surface area contributed by atoms with Crippen molar-refractivity contribution < 1.29 is 19.0 Å². The molecule has 3 aromatic rings. The molecule has 4 heterocycles. The monoisotopic (exact) mass is 393 g/mol. The van der Waals surface area contributed by atoms with Gasteiger partial charge in [-0.3, -0.25) is 0 Å². The summed E-state index contributed by atoms with van der Waals surface area (Å²) in [6.07, 6.45) is 1.86. The molecular weight excluding hydrogens is 381 g/mol. The van der Waals surface area contributed by atoms with E-state index < -0.39 is 17.9 Å². The molecule has 140 valence electrons. The third kappa shape index (κ3) is 3.11. The molecule has 12 heteroatoms. The van der Waals surface area contributed by atoms with E-state index in [1.165, 1.54) is 11.1 Å². The van der Waals surface area contributed by atoms with Gasteiger partial charge in [-0.2, -0.15) is 4.39 Å². The van der Waals surface area contributed by atoms with Crippen LogP contribution in [0.15, 0.2) is 12.4 Å². The van der Waals surface area contributed by atoms with E-state index >= 15 is 0 Å². The molecule has 0 radical (unpaired) electrons. The number of carboxylic acid groups (broad SMARTS) is 1. The number of aromatic nitrogens is 5. The summed E-state index contributed by atoms with van der Waals surface area (Å²) < 4.78 is 19.7. The van der Waals surface area contributed by atoms with E-state index in [4.69, 9.17) is 27.2 Å². The van der Waals surface area contributed by atoms with E-state index in [0.29, 0.717) is 16.7 Å². The summed E-state index contributed by atoms with van der Waals surface area (Å²) in [5.74, 6) is -2.31. The summed E-state index contributed by atoms with van der Waals surface area (Å²) in [4.78, 5) is 32.1. The predicted octanol–water partition coefficient (Wildman–Crippen LogP) is 1.08. The van der Waals surface area contributed by atoms with Crippen LogP contribution in [0.25, 0.3) is 22.6 Å². The second kappa shape index (κ2) is 6.59. The molecule has 1 aliphatic rings. The summed E-state index contributed by atoms with van der Waals surface area (Å²) in [5.41, 5.74) is 7.04. The van der Waals surface area contributed by atoms with E-state index in [1.807, 2.05) is 0 Å². The van der Waals surface area contributed by atoms with Gasteiger partial charge in [0.1, 0.15) is 10.7 Å². The van der Waals surface area contributed by atoms with Crippen LogP contribution in [0.3, 0.4) is 0 Å². The maximum Gasteiger partial charge on any atom is 0.334 e. The zero-order valence-corrected chi connectivity index (χ0v) is 14.4. The molecule has 4 rings (SSSR count). The van der Waals surface area contributed by atoms with Crippen LogP contribution in [-0.4, -0.2) is 61.8 Å². The predicted molar refractivity (Wildman–Crippen MR) is 93.9 cm³/mol. The average molecular weight is 394 g/mol. The minimum Gasteiger partial charge on any atom is -0.479 e. The lowest BCUT2D eigenvalue weighted by Gasteiger charge is -2.32. The summed E-state index contributed by atoms with van der Waals surface area (Å²) in [5, 5.41) is 9.32. The van der Waals surface area contributed by atoms with Crippen molar-refractivity contribution in [2.24, 2.45) is 0 Å². The highest BCUT2D eigenvalue weighted by atomic mass is 35.5. The van der Waals surface area contributed by atoms with Gasteiger partial charge in [-0.25, -0.2) is 24.7 Å². The fraction of sp³-hybridized carbons (Fsp3) is 0.267. The summed E-state index contributed by atoms with van der Waals surface area (Å²) in [7, 11) is 0. The second-order valence-corrected chi connectivity index (χ2v) is 6.19. The molecule has 27 heavy (non-hydrogen) atoms. The van der Waals surface area contributed by atoms with Gasteiger partial charge in [0.25, 0.3) is 0 Å². The Labute approximate surface area is 156 Å². The van der Waals surface area contributed by atoms with Crippen LogP contribution in [0.2, 0.25) is 5.15 Å². The molecule has 4 N–H and O–H groups in total. The Morgan fingerprint density at radius 2 is 2.26 bits per heavy atom. The van der Waals surface area contributed by atoms with E-state index in [-0.39, 0.29) is 42.3 Å². The zero-order chi connectivity index (χ0) is 19.1. The number of aliphatic carboxylic acids is 1. The van der Waals surface area contributed by atoms with Crippen molar-refractivity contribution in [2.75, 3.05) is 30.3 Å². The number of carboxylic acids is 1. The number of morpholine rings is 1. The van der Waals surface area contributed by atoms with Crippen molar-refractivity contribution >= 4 is 40.4 Å². The topological polar surface area (TPSA) is 143 Å². The molecule has 10 nitrogen and oxygen atoms in total. The van der Waals surface area contributed by atoms with E-state index in [1.54, 1.807) is 6.20 Å².